The van der Waals surface area contributed by atoms with Crippen LogP contribution in [0.1, 0.15) is 11.4 Å². The number of hydrogen-bond acceptors (Lipinski definition) is 3. The second-order valence-electron chi connectivity index (χ2n) is 5.05. The van der Waals surface area contributed by atoms with Crippen LogP contribution in [0.4, 0.5) is 0 Å². The molecule has 0 fully saturated rings. The molecule has 5 nitrogen and oxygen atoms in total. The van der Waals surface area contributed by atoms with Crippen LogP contribution in [0.15, 0.2) is 54.6 Å². The summed E-state index contributed by atoms with van der Waals surface area (Å²) in [6, 6.07) is 17.0. The van der Waals surface area contributed by atoms with Crippen LogP contribution in [0.5, 0.6) is 0 Å². The molecule has 1 heterocycles. The number of nitrogens with zero attached hydrogens (tertiary/aromatic N) is 2. The molecule has 0 saturated carbocycles. The molecule has 0 radical (unpaired) electrons. The van der Waals surface area contributed by atoms with Crippen LogP contribution >= 0.6 is 11.6 Å². The quantitative estimate of drug-likeness (QED) is 0.757. The summed E-state index contributed by atoms with van der Waals surface area (Å²) in [4.78, 5) is 16.3. The third-order valence-corrected chi connectivity index (χ3v) is 3.55. The van der Waals surface area contributed by atoms with Crippen molar-refractivity contribution in [2.24, 2.45) is 0 Å². The maximum absolute atomic E-state index is 12.0. The summed E-state index contributed by atoms with van der Waals surface area (Å²) in [5.41, 5.74) is 1.90. The number of carbonyl (C=O) groups is 1. The van der Waals surface area contributed by atoms with Gasteiger partial charge in [-0.05, 0) is 17.7 Å². The van der Waals surface area contributed by atoms with Crippen molar-refractivity contribution in [1.29, 1.82) is 0 Å². The largest absolute Gasteiger partial charge is 0.352 e. The number of amides is 1. The van der Waals surface area contributed by atoms with Gasteiger partial charge in [-0.2, -0.15) is 5.10 Å². The molecule has 0 aliphatic rings. The minimum atomic E-state index is -0.115. The maximum atomic E-state index is 12.0. The van der Waals surface area contributed by atoms with Crippen molar-refractivity contribution in [3.05, 3.63) is 71.0 Å². The number of rotatable bonds is 5. The van der Waals surface area contributed by atoms with Crippen LogP contribution in [-0.4, -0.2) is 21.1 Å². The zero-order valence-electron chi connectivity index (χ0n) is 12.3. The molecule has 0 bridgehead atoms. The smallest absolute Gasteiger partial charge is 0.227 e. The molecule has 1 aromatic heterocycles. The predicted molar refractivity (Wildman–Crippen MR) is 88.8 cm³/mol. The van der Waals surface area contributed by atoms with E-state index >= 15 is 0 Å². The van der Waals surface area contributed by atoms with E-state index in [1.807, 2.05) is 42.5 Å². The van der Waals surface area contributed by atoms with E-state index in [-0.39, 0.29) is 12.3 Å². The van der Waals surface area contributed by atoms with Crippen LogP contribution in [-0.2, 0) is 17.8 Å². The van der Waals surface area contributed by atoms with E-state index in [9.17, 15) is 4.79 Å². The average molecular weight is 327 g/mol. The van der Waals surface area contributed by atoms with Gasteiger partial charge in [0.05, 0.1) is 6.42 Å². The summed E-state index contributed by atoms with van der Waals surface area (Å²) in [6.45, 7) is 0.454. The Balaban J connectivity index is 1.56. The highest BCUT2D eigenvalue weighted by molar-refractivity contribution is 6.30. The Morgan fingerprint density at radius 3 is 2.57 bits per heavy atom. The Kier molecular flexibility index (Phi) is 4.68. The molecule has 23 heavy (non-hydrogen) atoms. The average Bonchev–Trinajstić information content (AvgIpc) is 3.04. The van der Waals surface area contributed by atoms with Gasteiger partial charge in [0.1, 0.15) is 5.82 Å². The highest BCUT2D eigenvalue weighted by atomic mass is 35.5. The van der Waals surface area contributed by atoms with Gasteiger partial charge < -0.3 is 5.32 Å². The third-order valence-electron chi connectivity index (χ3n) is 3.29. The molecule has 6 heteroatoms. The summed E-state index contributed by atoms with van der Waals surface area (Å²) in [6.07, 6.45) is 0.160. The van der Waals surface area contributed by atoms with Crippen molar-refractivity contribution in [2.75, 3.05) is 0 Å². The Hall–Kier alpha value is -2.66. The second-order valence-corrected chi connectivity index (χ2v) is 5.49. The number of aromatic amines is 1. The van der Waals surface area contributed by atoms with Gasteiger partial charge in [-0.25, -0.2) is 4.98 Å². The highest BCUT2D eigenvalue weighted by Gasteiger charge is 2.09. The summed E-state index contributed by atoms with van der Waals surface area (Å²) >= 11 is 5.83. The van der Waals surface area contributed by atoms with Crippen LogP contribution in [0.3, 0.4) is 0 Å². The highest BCUT2D eigenvalue weighted by Crippen LogP contribution is 2.13. The topological polar surface area (TPSA) is 70.7 Å². The van der Waals surface area contributed by atoms with E-state index in [0.29, 0.717) is 23.2 Å². The Labute approximate surface area is 138 Å². The number of carbonyl (C=O) groups excluding carboxylic acids is 1. The fourth-order valence-corrected chi connectivity index (χ4v) is 2.23. The molecule has 0 aliphatic heterocycles. The monoisotopic (exact) mass is 326 g/mol. The minimum Gasteiger partial charge on any atom is -0.352 e. The molecule has 0 spiro atoms. The second kappa shape index (κ2) is 7.07. The van der Waals surface area contributed by atoms with Gasteiger partial charge in [-0.15, -0.1) is 0 Å². The molecular weight excluding hydrogens is 312 g/mol. The first-order valence-corrected chi connectivity index (χ1v) is 7.56. The van der Waals surface area contributed by atoms with Crippen LogP contribution in [0.25, 0.3) is 11.4 Å². The van der Waals surface area contributed by atoms with Gasteiger partial charge in [-0.1, -0.05) is 54.1 Å². The third kappa shape index (κ3) is 4.17. The first kappa shape index (κ1) is 15.2. The SMILES string of the molecule is O=C(Cc1nc(-c2ccccc2)n[nH]1)NCc1ccc(Cl)cc1. The molecule has 3 rings (SSSR count). The van der Waals surface area contributed by atoms with Crippen molar-refractivity contribution in [3.8, 4) is 11.4 Å². The standard InChI is InChI=1S/C17H15ClN4O/c18-14-8-6-12(7-9-14)11-19-16(23)10-15-20-17(22-21-15)13-4-2-1-3-5-13/h1-9H,10-11H2,(H,19,23)(H,20,21,22). The normalized spacial score (nSPS) is 10.5. The van der Waals surface area contributed by atoms with Gasteiger partial charge >= 0.3 is 0 Å². The Bertz CT molecular complexity index is 784. The van der Waals surface area contributed by atoms with Gasteiger partial charge in [0, 0.05) is 17.1 Å². The molecule has 3 aromatic rings. The van der Waals surface area contributed by atoms with E-state index in [1.54, 1.807) is 12.1 Å². The minimum absolute atomic E-state index is 0.115. The van der Waals surface area contributed by atoms with Crippen molar-refractivity contribution < 1.29 is 4.79 Å². The van der Waals surface area contributed by atoms with Crippen LogP contribution < -0.4 is 5.32 Å². The lowest BCUT2D eigenvalue weighted by Gasteiger charge is -2.04. The summed E-state index contributed by atoms with van der Waals surface area (Å²) in [5.74, 6) is 1.01. The van der Waals surface area contributed by atoms with E-state index < -0.39 is 0 Å². The van der Waals surface area contributed by atoms with Gasteiger partial charge in [-0.3, -0.25) is 9.89 Å². The summed E-state index contributed by atoms with van der Waals surface area (Å²) in [5, 5.41) is 10.5. The lowest BCUT2D eigenvalue weighted by molar-refractivity contribution is -0.120. The van der Waals surface area contributed by atoms with Crippen LogP contribution in [0.2, 0.25) is 5.02 Å². The van der Waals surface area contributed by atoms with Crippen molar-refractivity contribution in [2.45, 2.75) is 13.0 Å². The van der Waals surface area contributed by atoms with E-state index in [1.165, 1.54) is 0 Å². The summed E-state index contributed by atoms with van der Waals surface area (Å²) < 4.78 is 0. The predicted octanol–water partition coefficient (Wildman–Crippen LogP) is 2.98. The van der Waals surface area contributed by atoms with Crippen LogP contribution in [0, 0.1) is 0 Å². The molecule has 1 amide bonds. The molecular formula is C17H15ClN4O. The fourth-order valence-electron chi connectivity index (χ4n) is 2.11. The number of benzene rings is 2. The lowest BCUT2D eigenvalue weighted by Crippen LogP contribution is -2.25. The number of aromatic nitrogens is 3. The van der Waals surface area contributed by atoms with Crippen molar-refractivity contribution >= 4 is 17.5 Å². The molecule has 2 aromatic carbocycles. The molecule has 116 valence electrons. The van der Waals surface area contributed by atoms with E-state index in [0.717, 1.165) is 11.1 Å². The molecule has 2 N–H and O–H groups in total. The first-order valence-electron chi connectivity index (χ1n) is 7.18. The Morgan fingerprint density at radius 2 is 1.83 bits per heavy atom. The molecule has 0 aliphatic carbocycles. The van der Waals surface area contributed by atoms with Crippen molar-refractivity contribution in [3.63, 3.8) is 0 Å². The Morgan fingerprint density at radius 1 is 1.09 bits per heavy atom. The lowest BCUT2D eigenvalue weighted by atomic mass is 10.2. The summed E-state index contributed by atoms with van der Waals surface area (Å²) in [7, 11) is 0. The number of hydrogen-bond donors (Lipinski definition) is 2. The zero-order chi connectivity index (χ0) is 16.1. The van der Waals surface area contributed by atoms with Gasteiger partial charge in [0.25, 0.3) is 0 Å². The van der Waals surface area contributed by atoms with Gasteiger partial charge in [0.15, 0.2) is 5.82 Å². The van der Waals surface area contributed by atoms with Crippen molar-refractivity contribution in [1.82, 2.24) is 20.5 Å². The number of H-pyrrole nitrogens is 1. The van der Waals surface area contributed by atoms with E-state index in [4.69, 9.17) is 11.6 Å². The molecule has 0 atom stereocenters. The maximum Gasteiger partial charge on any atom is 0.227 e. The number of halogens is 1. The first-order chi connectivity index (χ1) is 11.2. The molecule has 0 saturated heterocycles. The number of nitrogens with one attached hydrogen (secondary N) is 2. The fraction of sp³-hybridized carbons (Fsp3) is 0.118. The van der Waals surface area contributed by atoms with E-state index in [2.05, 4.69) is 20.5 Å². The van der Waals surface area contributed by atoms with Gasteiger partial charge in [0.2, 0.25) is 5.91 Å². The molecule has 0 unspecified atom stereocenters. The zero-order valence-corrected chi connectivity index (χ0v) is 13.0.